The van der Waals surface area contributed by atoms with Crippen LogP contribution in [0.2, 0.25) is 0 Å². The van der Waals surface area contributed by atoms with E-state index in [1.807, 2.05) is 36.4 Å². The zero-order valence-corrected chi connectivity index (χ0v) is 8.47. The minimum atomic E-state index is 0.703. The maximum absolute atomic E-state index is 5.88. The fourth-order valence-corrected chi connectivity index (χ4v) is 1.47. The molecule has 2 aromatic rings. The number of rotatable bonds is 2. The van der Waals surface area contributed by atoms with Gasteiger partial charge in [0.1, 0.15) is 11.4 Å². The molecule has 2 rings (SSSR count). The topological polar surface area (TPSA) is 48.1 Å². The minimum absolute atomic E-state index is 0.703. The number of methoxy groups -OCH3 is 1. The predicted molar refractivity (Wildman–Crippen MR) is 60.6 cm³/mol. The summed E-state index contributed by atoms with van der Waals surface area (Å²) in [6.45, 7) is 0. The first-order valence-corrected chi connectivity index (χ1v) is 4.67. The highest BCUT2D eigenvalue weighted by Gasteiger charge is 2.08. The van der Waals surface area contributed by atoms with E-state index in [9.17, 15) is 0 Å². The first kappa shape index (κ1) is 9.52. The maximum Gasteiger partial charge on any atom is 0.145 e. The number of nitrogens with zero attached hydrogens (tertiary/aromatic N) is 1. The smallest absolute Gasteiger partial charge is 0.145 e. The molecule has 0 saturated heterocycles. The summed E-state index contributed by atoms with van der Waals surface area (Å²) in [6, 6.07) is 11.3. The van der Waals surface area contributed by atoms with Gasteiger partial charge in [-0.05, 0) is 18.2 Å². The number of benzene rings is 1. The van der Waals surface area contributed by atoms with Crippen molar-refractivity contribution in [2.75, 3.05) is 12.8 Å². The van der Waals surface area contributed by atoms with Crippen molar-refractivity contribution < 1.29 is 4.74 Å². The monoisotopic (exact) mass is 200 g/mol. The number of aromatic nitrogens is 1. The van der Waals surface area contributed by atoms with Gasteiger partial charge in [0.25, 0.3) is 0 Å². The lowest BCUT2D eigenvalue weighted by Crippen LogP contribution is -1.94. The molecule has 0 fully saturated rings. The number of hydrogen-bond acceptors (Lipinski definition) is 3. The number of nitrogen functional groups attached to an aromatic ring is 1. The van der Waals surface area contributed by atoms with E-state index in [2.05, 4.69) is 4.98 Å². The second-order valence-corrected chi connectivity index (χ2v) is 3.14. The molecule has 1 aromatic heterocycles. The standard InChI is InChI=1S/C12H12N2O/c1-15-11-7-4-8-14-12(11)9-5-2-3-6-10(9)13/h2-8H,13H2,1H3. The van der Waals surface area contributed by atoms with E-state index in [4.69, 9.17) is 10.5 Å². The van der Waals surface area contributed by atoms with E-state index in [1.54, 1.807) is 13.3 Å². The summed E-state index contributed by atoms with van der Waals surface area (Å²) in [4.78, 5) is 4.28. The van der Waals surface area contributed by atoms with Gasteiger partial charge in [0.15, 0.2) is 0 Å². The van der Waals surface area contributed by atoms with Crippen LogP contribution in [0.25, 0.3) is 11.3 Å². The Balaban J connectivity index is 2.59. The minimum Gasteiger partial charge on any atom is -0.494 e. The van der Waals surface area contributed by atoms with Crippen LogP contribution >= 0.6 is 0 Å². The Kier molecular flexibility index (Phi) is 2.54. The third-order valence-electron chi connectivity index (χ3n) is 2.21. The molecule has 1 aromatic carbocycles. The van der Waals surface area contributed by atoms with Gasteiger partial charge in [-0.25, -0.2) is 0 Å². The molecule has 0 saturated carbocycles. The Labute approximate surface area is 88.5 Å². The number of nitrogens with two attached hydrogens (primary N) is 1. The highest BCUT2D eigenvalue weighted by atomic mass is 16.5. The van der Waals surface area contributed by atoms with Gasteiger partial charge in [-0.1, -0.05) is 18.2 Å². The van der Waals surface area contributed by atoms with Crippen molar-refractivity contribution in [1.82, 2.24) is 4.98 Å². The summed E-state index contributed by atoms with van der Waals surface area (Å²) in [5, 5.41) is 0. The average Bonchev–Trinajstić information content (AvgIpc) is 2.30. The quantitative estimate of drug-likeness (QED) is 0.757. The van der Waals surface area contributed by atoms with Gasteiger partial charge in [-0.15, -0.1) is 0 Å². The molecule has 3 heteroatoms. The Morgan fingerprint density at radius 2 is 1.93 bits per heavy atom. The van der Waals surface area contributed by atoms with Crippen molar-refractivity contribution in [3.63, 3.8) is 0 Å². The molecule has 0 atom stereocenters. The van der Waals surface area contributed by atoms with Gasteiger partial charge in [-0.3, -0.25) is 4.98 Å². The number of ether oxygens (including phenoxy) is 1. The summed E-state index contributed by atoms with van der Waals surface area (Å²) in [7, 11) is 1.62. The molecule has 0 amide bonds. The van der Waals surface area contributed by atoms with Crippen LogP contribution in [-0.4, -0.2) is 12.1 Å². The van der Waals surface area contributed by atoms with E-state index in [0.717, 1.165) is 17.0 Å². The van der Waals surface area contributed by atoms with E-state index >= 15 is 0 Å². The lowest BCUT2D eigenvalue weighted by molar-refractivity contribution is 0.415. The molecule has 0 unspecified atom stereocenters. The molecule has 0 spiro atoms. The molecule has 15 heavy (non-hydrogen) atoms. The van der Waals surface area contributed by atoms with Crippen LogP contribution in [0.3, 0.4) is 0 Å². The lowest BCUT2D eigenvalue weighted by atomic mass is 10.1. The first-order chi connectivity index (χ1) is 7.33. The molecule has 0 aliphatic rings. The van der Waals surface area contributed by atoms with E-state index in [0.29, 0.717) is 5.69 Å². The molecule has 2 N–H and O–H groups in total. The summed E-state index contributed by atoms with van der Waals surface area (Å²) in [5.74, 6) is 0.732. The number of hydrogen-bond donors (Lipinski definition) is 1. The molecule has 0 aliphatic heterocycles. The van der Waals surface area contributed by atoms with Crippen LogP contribution in [0, 0.1) is 0 Å². The Hall–Kier alpha value is -2.03. The Morgan fingerprint density at radius 1 is 1.13 bits per heavy atom. The maximum atomic E-state index is 5.88. The number of anilines is 1. The van der Waals surface area contributed by atoms with E-state index in [-0.39, 0.29) is 0 Å². The van der Waals surface area contributed by atoms with Crippen LogP contribution in [-0.2, 0) is 0 Å². The van der Waals surface area contributed by atoms with Gasteiger partial charge in [0.05, 0.1) is 7.11 Å². The Morgan fingerprint density at radius 3 is 2.67 bits per heavy atom. The molecule has 0 bridgehead atoms. The molecule has 3 nitrogen and oxygen atoms in total. The molecule has 1 heterocycles. The Bertz CT molecular complexity index is 469. The van der Waals surface area contributed by atoms with Crippen molar-refractivity contribution in [1.29, 1.82) is 0 Å². The van der Waals surface area contributed by atoms with Gasteiger partial charge in [0, 0.05) is 17.4 Å². The largest absolute Gasteiger partial charge is 0.494 e. The van der Waals surface area contributed by atoms with Gasteiger partial charge in [0.2, 0.25) is 0 Å². The fourth-order valence-electron chi connectivity index (χ4n) is 1.47. The molecular formula is C12H12N2O. The van der Waals surface area contributed by atoms with Crippen LogP contribution in [0.4, 0.5) is 5.69 Å². The van der Waals surface area contributed by atoms with Crippen LogP contribution < -0.4 is 10.5 Å². The molecule has 76 valence electrons. The van der Waals surface area contributed by atoms with Gasteiger partial charge < -0.3 is 10.5 Å². The highest BCUT2D eigenvalue weighted by Crippen LogP contribution is 2.30. The summed E-state index contributed by atoms with van der Waals surface area (Å²) >= 11 is 0. The van der Waals surface area contributed by atoms with Crippen LogP contribution in [0.1, 0.15) is 0 Å². The molecular weight excluding hydrogens is 188 g/mol. The average molecular weight is 200 g/mol. The third kappa shape index (κ3) is 1.76. The van der Waals surface area contributed by atoms with Crippen molar-refractivity contribution in [2.24, 2.45) is 0 Å². The van der Waals surface area contributed by atoms with Crippen molar-refractivity contribution in [2.45, 2.75) is 0 Å². The number of para-hydroxylation sites is 1. The van der Waals surface area contributed by atoms with Crippen molar-refractivity contribution in [3.05, 3.63) is 42.6 Å². The number of pyridine rings is 1. The van der Waals surface area contributed by atoms with Crippen LogP contribution in [0.5, 0.6) is 5.75 Å². The first-order valence-electron chi connectivity index (χ1n) is 4.67. The molecule has 0 radical (unpaired) electrons. The van der Waals surface area contributed by atoms with Crippen LogP contribution in [0.15, 0.2) is 42.6 Å². The summed E-state index contributed by atoms with van der Waals surface area (Å²) in [5.41, 5.74) is 8.26. The van der Waals surface area contributed by atoms with Gasteiger partial charge >= 0.3 is 0 Å². The normalized spacial score (nSPS) is 9.93. The second kappa shape index (κ2) is 4.00. The second-order valence-electron chi connectivity index (χ2n) is 3.14. The van der Waals surface area contributed by atoms with Gasteiger partial charge in [-0.2, -0.15) is 0 Å². The van der Waals surface area contributed by atoms with Crippen molar-refractivity contribution >= 4 is 5.69 Å². The van der Waals surface area contributed by atoms with E-state index < -0.39 is 0 Å². The lowest BCUT2D eigenvalue weighted by Gasteiger charge is -2.08. The summed E-state index contributed by atoms with van der Waals surface area (Å²) in [6.07, 6.45) is 1.73. The SMILES string of the molecule is COc1cccnc1-c1ccccc1N. The summed E-state index contributed by atoms with van der Waals surface area (Å²) < 4.78 is 5.24. The third-order valence-corrected chi connectivity index (χ3v) is 2.21. The zero-order chi connectivity index (χ0) is 10.7. The predicted octanol–water partition coefficient (Wildman–Crippen LogP) is 2.34. The molecule has 0 aliphatic carbocycles. The highest BCUT2D eigenvalue weighted by molar-refractivity contribution is 5.77. The van der Waals surface area contributed by atoms with Crippen molar-refractivity contribution in [3.8, 4) is 17.0 Å². The zero-order valence-electron chi connectivity index (χ0n) is 8.47. The fraction of sp³-hybridized carbons (Fsp3) is 0.0833. The van der Waals surface area contributed by atoms with E-state index in [1.165, 1.54) is 0 Å².